The summed E-state index contributed by atoms with van der Waals surface area (Å²) in [7, 11) is 1.69. The van der Waals surface area contributed by atoms with Crippen LogP contribution in [-0.4, -0.2) is 13.7 Å². The fourth-order valence-corrected chi connectivity index (χ4v) is 2.49. The first-order valence-corrected chi connectivity index (χ1v) is 6.59. The first-order chi connectivity index (χ1) is 9.36. The van der Waals surface area contributed by atoms with Crippen molar-refractivity contribution in [3.63, 3.8) is 0 Å². The van der Waals surface area contributed by atoms with E-state index in [1.54, 1.807) is 7.11 Å². The van der Waals surface area contributed by atoms with Crippen LogP contribution in [0.15, 0.2) is 42.5 Å². The minimum absolute atomic E-state index is 0.823. The highest BCUT2D eigenvalue weighted by Crippen LogP contribution is 2.27. The minimum atomic E-state index is 0.823. The molecule has 19 heavy (non-hydrogen) atoms. The Balaban J connectivity index is 1.74. The van der Waals surface area contributed by atoms with Crippen LogP contribution in [0.2, 0.25) is 0 Å². The number of benzene rings is 2. The van der Waals surface area contributed by atoms with Crippen LogP contribution in [0.25, 0.3) is 0 Å². The summed E-state index contributed by atoms with van der Waals surface area (Å²) in [4.78, 5) is 0. The van der Waals surface area contributed by atoms with Crippen LogP contribution >= 0.6 is 0 Å². The molecule has 0 saturated carbocycles. The lowest BCUT2D eigenvalue weighted by Gasteiger charge is -2.11. The van der Waals surface area contributed by atoms with Crippen LogP contribution in [-0.2, 0) is 13.0 Å². The molecular formula is C16H18N2O. The van der Waals surface area contributed by atoms with Crippen LogP contribution < -0.4 is 15.4 Å². The molecule has 3 nitrogen and oxygen atoms in total. The lowest BCUT2D eigenvalue weighted by atomic mass is 10.1. The topological polar surface area (TPSA) is 33.3 Å². The molecule has 0 saturated heterocycles. The number of ether oxygens (including phenoxy) is 1. The molecular weight excluding hydrogens is 236 g/mol. The van der Waals surface area contributed by atoms with Gasteiger partial charge in [0.05, 0.1) is 7.11 Å². The van der Waals surface area contributed by atoms with Gasteiger partial charge in [-0.15, -0.1) is 0 Å². The zero-order valence-corrected chi connectivity index (χ0v) is 11.1. The largest absolute Gasteiger partial charge is 0.497 e. The molecule has 2 aromatic carbocycles. The van der Waals surface area contributed by atoms with Gasteiger partial charge in [0, 0.05) is 30.5 Å². The highest BCUT2D eigenvalue weighted by Gasteiger charge is 2.12. The lowest BCUT2D eigenvalue weighted by molar-refractivity contribution is 0.415. The van der Waals surface area contributed by atoms with Crippen LogP contribution in [0.1, 0.15) is 11.1 Å². The van der Waals surface area contributed by atoms with Gasteiger partial charge in [-0.1, -0.05) is 24.3 Å². The molecule has 0 spiro atoms. The predicted octanol–water partition coefficient (Wildman–Crippen LogP) is 3.28. The summed E-state index contributed by atoms with van der Waals surface area (Å²) in [5.41, 5.74) is 5.12. The normalized spacial score (nSPS) is 12.7. The van der Waals surface area contributed by atoms with E-state index in [9.17, 15) is 0 Å². The van der Waals surface area contributed by atoms with Crippen LogP contribution in [0.5, 0.6) is 5.75 Å². The molecule has 0 aromatic heterocycles. The van der Waals surface area contributed by atoms with Crippen molar-refractivity contribution in [2.75, 3.05) is 24.3 Å². The smallest absolute Gasteiger partial charge is 0.120 e. The molecule has 0 fully saturated rings. The summed E-state index contributed by atoms with van der Waals surface area (Å²) < 4.78 is 5.23. The maximum absolute atomic E-state index is 5.23. The molecule has 0 bridgehead atoms. The van der Waals surface area contributed by atoms with Gasteiger partial charge in [0.15, 0.2) is 0 Å². The zero-order chi connectivity index (χ0) is 13.1. The van der Waals surface area contributed by atoms with Crippen molar-refractivity contribution in [1.82, 2.24) is 0 Å². The second-order valence-electron chi connectivity index (χ2n) is 4.71. The molecule has 3 heteroatoms. The number of methoxy groups -OCH3 is 1. The van der Waals surface area contributed by atoms with Crippen LogP contribution in [0.3, 0.4) is 0 Å². The minimum Gasteiger partial charge on any atom is -0.497 e. The van der Waals surface area contributed by atoms with E-state index in [-0.39, 0.29) is 0 Å². The molecule has 2 N–H and O–H groups in total. The Morgan fingerprint density at radius 2 is 2.11 bits per heavy atom. The SMILES string of the molecule is COc1cccc(NCc2cccc3c2NCC3)c1. The molecule has 98 valence electrons. The summed E-state index contributed by atoms with van der Waals surface area (Å²) in [6.07, 6.45) is 1.13. The molecule has 0 radical (unpaired) electrons. The second kappa shape index (κ2) is 5.22. The molecule has 0 unspecified atom stereocenters. The van der Waals surface area contributed by atoms with Gasteiger partial charge in [0.1, 0.15) is 5.75 Å². The van der Waals surface area contributed by atoms with Gasteiger partial charge in [0.2, 0.25) is 0 Å². The van der Waals surface area contributed by atoms with Crippen molar-refractivity contribution < 1.29 is 4.74 Å². The predicted molar refractivity (Wildman–Crippen MR) is 79.0 cm³/mol. The summed E-state index contributed by atoms with van der Waals surface area (Å²) in [5, 5.41) is 6.91. The highest BCUT2D eigenvalue weighted by atomic mass is 16.5. The van der Waals surface area contributed by atoms with Crippen LogP contribution in [0.4, 0.5) is 11.4 Å². The Hall–Kier alpha value is -2.16. The van der Waals surface area contributed by atoms with Gasteiger partial charge >= 0.3 is 0 Å². The molecule has 1 aliphatic rings. The summed E-state index contributed by atoms with van der Waals surface area (Å²) >= 11 is 0. The number of anilines is 2. The number of hydrogen-bond acceptors (Lipinski definition) is 3. The number of nitrogens with one attached hydrogen (secondary N) is 2. The first kappa shape index (κ1) is 11.9. The molecule has 1 heterocycles. The Kier molecular flexibility index (Phi) is 3.27. The van der Waals surface area contributed by atoms with Gasteiger partial charge in [-0.25, -0.2) is 0 Å². The Morgan fingerprint density at radius 3 is 3.00 bits per heavy atom. The summed E-state index contributed by atoms with van der Waals surface area (Å²) in [5.74, 6) is 0.876. The van der Waals surface area contributed by atoms with E-state index in [0.29, 0.717) is 0 Å². The Bertz CT molecular complexity index is 581. The van der Waals surface area contributed by atoms with E-state index in [1.165, 1.54) is 16.8 Å². The maximum Gasteiger partial charge on any atom is 0.120 e. The molecule has 1 aliphatic heterocycles. The number of rotatable bonds is 4. The zero-order valence-electron chi connectivity index (χ0n) is 11.1. The van der Waals surface area contributed by atoms with E-state index >= 15 is 0 Å². The first-order valence-electron chi connectivity index (χ1n) is 6.59. The Morgan fingerprint density at radius 1 is 1.21 bits per heavy atom. The summed E-state index contributed by atoms with van der Waals surface area (Å²) in [6, 6.07) is 14.5. The van der Waals surface area contributed by atoms with Gasteiger partial charge in [0.25, 0.3) is 0 Å². The molecule has 0 atom stereocenters. The fourth-order valence-electron chi connectivity index (χ4n) is 2.49. The van der Waals surface area contributed by atoms with Gasteiger partial charge in [-0.2, -0.15) is 0 Å². The van der Waals surface area contributed by atoms with Gasteiger partial charge in [-0.05, 0) is 29.7 Å². The monoisotopic (exact) mass is 254 g/mol. The summed E-state index contributed by atoms with van der Waals surface area (Å²) in [6.45, 7) is 1.87. The average Bonchev–Trinajstić information content (AvgIpc) is 2.94. The third-order valence-corrected chi connectivity index (χ3v) is 3.49. The highest BCUT2D eigenvalue weighted by molar-refractivity contribution is 5.62. The van der Waals surface area contributed by atoms with Crippen molar-refractivity contribution in [2.24, 2.45) is 0 Å². The van der Waals surface area contributed by atoms with Crippen LogP contribution in [0, 0.1) is 0 Å². The fraction of sp³-hybridized carbons (Fsp3) is 0.250. The lowest BCUT2D eigenvalue weighted by Crippen LogP contribution is -2.03. The van der Waals surface area contributed by atoms with E-state index in [0.717, 1.165) is 30.9 Å². The van der Waals surface area contributed by atoms with Crippen molar-refractivity contribution in [1.29, 1.82) is 0 Å². The maximum atomic E-state index is 5.23. The van der Waals surface area contributed by atoms with E-state index < -0.39 is 0 Å². The van der Waals surface area contributed by atoms with Crippen molar-refractivity contribution in [3.8, 4) is 5.75 Å². The molecule has 0 aliphatic carbocycles. The van der Waals surface area contributed by atoms with Crippen molar-refractivity contribution in [3.05, 3.63) is 53.6 Å². The third-order valence-electron chi connectivity index (χ3n) is 3.49. The molecule has 3 rings (SSSR count). The standard InChI is InChI=1S/C16H18N2O/c1-19-15-7-3-6-14(10-15)18-11-13-5-2-4-12-8-9-17-16(12)13/h2-7,10,17-18H,8-9,11H2,1H3. The number of fused-ring (bicyclic) bond motifs is 1. The van der Waals surface area contributed by atoms with Crippen molar-refractivity contribution >= 4 is 11.4 Å². The third kappa shape index (κ3) is 2.50. The molecule has 2 aromatic rings. The van der Waals surface area contributed by atoms with Crippen molar-refractivity contribution in [2.45, 2.75) is 13.0 Å². The number of para-hydroxylation sites is 1. The van der Waals surface area contributed by atoms with E-state index in [1.807, 2.05) is 18.2 Å². The second-order valence-corrected chi connectivity index (χ2v) is 4.71. The van der Waals surface area contributed by atoms with Gasteiger partial charge < -0.3 is 15.4 Å². The quantitative estimate of drug-likeness (QED) is 0.878. The Labute approximate surface area is 113 Å². The van der Waals surface area contributed by atoms with E-state index in [2.05, 4.69) is 34.9 Å². The molecule has 0 amide bonds. The number of hydrogen-bond donors (Lipinski definition) is 2. The average molecular weight is 254 g/mol. The van der Waals surface area contributed by atoms with Gasteiger partial charge in [-0.3, -0.25) is 0 Å². The van der Waals surface area contributed by atoms with E-state index in [4.69, 9.17) is 4.74 Å².